The molecule has 3 amide bonds. The second-order valence-electron chi connectivity index (χ2n) is 8.66. The van der Waals surface area contributed by atoms with Crippen LogP contribution in [0.15, 0.2) is 48.5 Å². The summed E-state index contributed by atoms with van der Waals surface area (Å²) in [5.41, 5.74) is 2.34. The quantitative estimate of drug-likeness (QED) is 0.657. The highest BCUT2D eigenvalue weighted by molar-refractivity contribution is 5.99. The largest absolute Gasteiger partial charge is 0.497 e. The van der Waals surface area contributed by atoms with Crippen LogP contribution in [0.5, 0.6) is 5.75 Å². The molecule has 2 aliphatic rings. The summed E-state index contributed by atoms with van der Waals surface area (Å²) >= 11 is 0. The van der Waals surface area contributed by atoms with Crippen LogP contribution in [0.3, 0.4) is 0 Å². The van der Waals surface area contributed by atoms with Gasteiger partial charge >= 0.3 is 0 Å². The molecule has 7 nitrogen and oxygen atoms in total. The highest BCUT2D eigenvalue weighted by Crippen LogP contribution is 2.39. The van der Waals surface area contributed by atoms with Crippen LogP contribution in [-0.2, 0) is 14.4 Å². The lowest BCUT2D eigenvalue weighted by molar-refractivity contribution is -0.129. The standard InChI is InChI=1S/C26H31N3O4/c1-3-4-14-29-24(31)17-22(25(29)18-10-12-21(33-2)13-11-18)26(32)27-19-7-5-8-20(16-19)28-15-6-9-23(28)30/h5,7-8,10-13,16,22,25H,3-4,6,9,14-15,17H2,1-2H3,(H,27,32)/t22-,25+/m0/s1. The van der Waals surface area contributed by atoms with Crippen LogP contribution >= 0.6 is 0 Å². The molecule has 7 heteroatoms. The Bertz CT molecular complexity index is 1020. The summed E-state index contributed by atoms with van der Waals surface area (Å²) in [6, 6.07) is 14.6. The molecule has 0 saturated carbocycles. The number of anilines is 2. The molecule has 2 fully saturated rings. The maximum absolute atomic E-state index is 13.4. The Morgan fingerprint density at radius 3 is 2.58 bits per heavy atom. The highest BCUT2D eigenvalue weighted by Gasteiger charge is 2.44. The fourth-order valence-electron chi connectivity index (χ4n) is 4.74. The number of likely N-dealkylation sites (tertiary alicyclic amines) is 1. The maximum atomic E-state index is 13.4. The van der Waals surface area contributed by atoms with Gasteiger partial charge in [0.2, 0.25) is 17.7 Å². The first-order valence-electron chi connectivity index (χ1n) is 11.7. The van der Waals surface area contributed by atoms with E-state index in [0.717, 1.165) is 36.3 Å². The first-order chi connectivity index (χ1) is 16.0. The Morgan fingerprint density at radius 1 is 1.12 bits per heavy atom. The van der Waals surface area contributed by atoms with Gasteiger partial charge in [-0.05, 0) is 48.7 Å². The normalized spacial score (nSPS) is 20.4. The van der Waals surface area contributed by atoms with Gasteiger partial charge in [-0.25, -0.2) is 0 Å². The van der Waals surface area contributed by atoms with Crippen molar-refractivity contribution in [2.75, 3.05) is 30.4 Å². The lowest BCUT2D eigenvalue weighted by Crippen LogP contribution is -2.33. The van der Waals surface area contributed by atoms with E-state index in [1.165, 1.54) is 0 Å². The van der Waals surface area contributed by atoms with Gasteiger partial charge in [-0.1, -0.05) is 31.5 Å². The molecular formula is C26H31N3O4. The van der Waals surface area contributed by atoms with Crippen molar-refractivity contribution in [1.82, 2.24) is 4.90 Å². The number of methoxy groups -OCH3 is 1. The van der Waals surface area contributed by atoms with Crippen LogP contribution in [0, 0.1) is 5.92 Å². The molecule has 1 N–H and O–H groups in total. The second kappa shape index (κ2) is 10.1. The molecular weight excluding hydrogens is 418 g/mol. The van der Waals surface area contributed by atoms with Gasteiger partial charge in [0.25, 0.3) is 0 Å². The van der Waals surface area contributed by atoms with E-state index in [2.05, 4.69) is 12.2 Å². The van der Waals surface area contributed by atoms with E-state index in [1.54, 1.807) is 12.0 Å². The molecule has 2 heterocycles. The van der Waals surface area contributed by atoms with Gasteiger partial charge in [-0.15, -0.1) is 0 Å². The molecule has 174 valence electrons. The average molecular weight is 450 g/mol. The summed E-state index contributed by atoms with van der Waals surface area (Å²) in [5, 5.41) is 3.00. The summed E-state index contributed by atoms with van der Waals surface area (Å²) in [7, 11) is 1.61. The van der Waals surface area contributed by atoms with Crippen LogP contribution < -0.4 is 15.0 Å². The van der Waals surface area contributed by atoms with E-state index < -0.39 is 5.92 Å². The zero-order chi connectivity index (χ0) is 23.4. The Morgan fingerprint density at radius 2 is 1.91 bits per heavy atom. The maximum Gasteiger partial charge on any atom is 0.230 e. The van der Waals surface area contributed by atoms with E-state index in [1.807, 2.05) is 53.4 Å². The summed E-state index contributed by atoms with van der Waals surface area (Å²) in [6.45, 7) is 3.41. The number of ether oxygens (including phenoxy) is 1. The van der Waals surface area contributed by atoms with Crippen LogP contribution in [0.4, 0.5) is 11.4 Å². The van der Waals surface area contributed by atoms with Gasteiger partial charge in [0.1, 0.15) is 5.75 Å². The monoisotopic (exact) mass is 449 g/mol. The molecule has 2 aliphatic heterocycles. The molecule has 33 heavy (non-hydrogen) atoms. The summed E-state index contributed by atoms with van der Waals surface area (Å²) in [5.74, 6) is 0.150. The van der Waals surface area contributed by atoms with Crippen LogP contribution in [-0.4, -0.2) is 42.8 Å². The number of unbranched alkanes of at least 4 members (excludes halogenated alkanes) is 1. The van der Waals surface area contributed by atoms with Gasteiger partial charge in [0, 0.05) is 37.3 Å². The molecule has 2 aromatic carbocycles. The molecule has 2 aromatic rings. The van der Waals surface area contributed by atoms with Crippen LogP contribution in [0.25, 0.3) is 0 Å². The lowest BCUT2D eigenvalue weighted by Gasteiger charge is -2.28. The molecule has 0 spiro atoms. The summed E-state index contributed by atoms with van der Waals surface area (Å²) in [6.07, 6.45) is 3.43. The number of amides is 3. The van der Waals surface area contributed by atoms with Crippen molar-refractivity contribution in [2.24, 2.45) is 5.92 Å². The van der Waals surface area contributed by atoms with Crippen molar-refractivity contribution in [2.45, 2.75) is 45.1 Å². The molecule has 0 aromatic heterocycles. The van der Waals surface area contributed by atoms with Gasteiger partial charge in [0.15, 0.2) is 0 Å². The minimum atomic E-state index is -0.500. The smallest absolute Gasteiger partial charge is 0.230 e. The van der Waals surface area contributed by atoms with Crippen LogP contribution in [0.1, 0.15) is 50.6 Å². The minimum Gasteiger partial charge on any atom is -0.497 e. The van der Waals surface area contributed by atoms with Crippen molar-refractivity contribution in [3.05, 3.63) is 54.1 Å². The fourth-order valence-corrected chi connectivity index (χ4v) is 4.74. The van der Waals surface area contributed by atoms with Crippen molar-refractivity contribution in [1.29, 1.82) is 0 Å². The number of nitrogens with zero attached hydrogens (tertiary/aromatic N) is 2. The SMILES string of the molecule is CCCCN1C(=O)C[C@H](C(=O)Nc2cccc(N3CCCC3=O)c2)[C@H]1c1ccc(OC)cc1. The van der Waals surface area contributed by atoms with Crippen molar-refractivity contribution in [3.63, 3.8) is 0 Å². The number of benzene rings is 2. The number of carbonyl (C=O) groups excluding carboxylic acids is 3. The topological polar surface area (TPSA) is 79.0 Å². The zero-order valence-corrected chi connectivity index (χ0v) is 19.3. The minimum absolute atomic E-state index is 0.000771. The van der Waals surface area contributed by atoms with E-state index in [4.69, 9.17) is 4.74 Å². The predicted octanol–water partition coefficient (Wildman–Crippen LogP) is 4.15. The third-order valence-corrected chi connectivity index (χ3v) is 6.48. The van der Waals surface area contributed by atoms with Gasteiger partial charge in [0.05, 0.1) is 19.1 Å². The Balaban J connectivity index is 1.57. The molecule has 0 bridgehead atoms. The van der Waals surface area contributed by atoms with E-state index in [0.29, 0.717) is 25.2 Å². The molecule has 0 unspecified atom stereocenters. The van der Waals surface area contributed by atoms with Crippen LogP contribution in [0.2, 0.25) is 0 Å². The van der Waals surface area contributed by atoms with E-state index in [-0.39, 0.29) is 30.2 Å². The number of hydrogen-bond acceptors (Lipinski definition) is 4. The Hall–Kier alpha value is -3.35. The molecule has 2 saturated heterocycles. The van der Waals surface area contributed by atoms with E-state index >= 15 is 0 Å². The first-order valence-corrected chi connectivity index (χ1v) is 11.7. The third-order valence-electron chi connectivity index (χ3n) is 6.48. The summed E-state index contributed by atoms with van der Waals surface area (Å²) < 4.78 is 5.27. The molecule has 4 rings (SSSR count). The lowest BCUT2D eigenvalue weighted by atomic mass is 9.92. The number of hydrogen-bond donors (Lipinski definition) is 1. The number of nitrogens with one attached hydrogen (secondary N) is 1. The number of carbonyl (C=O) groups is 3. The Labute approximate surface area is 194 Å². The van der Waals surface area contributed by atoms with Crippen molar-refractivity contribution >= 4 is 29.1 Å². The zero-order valence-electron chi connectivity index (χ0n) is 19.3. The van der Waals surface area contributed by atoms with Gasteiger partial charge in [-0.2, -0.15) is 0 Å². The molecule has 2 atom stereocenters. The highest BCUT2D eigenvalue weighted by atomic mass is 16.5. The molecule has 0 aliphatic carbocycles. The van der Waals surface area contributed by atoms with Gasteiger partial charge < -0.3 is 19.9 Å². The first kappa shape index (κ1) is 22.8. The third kappa shape index (κ3) is 4.87. The average Bonchev–Trinajstić information content (AvgIpc) is 3.40. The fraction of sp³-hybridized carbons (Fsp3) is 0.423. The van der Waals surface area contributed by atoms with Gasteiger partial charge in [-0.3, -0.25) is 14.4 Å². The Kier molecular flexibility index (Phi) is 6.96. The molecule has 0 radical (unpaired) electrons. The van der Waals surface area contributed by atoms with Crippen molar-refractivity contribution in [3.8, 4) is 5.75 Å². The second-order valence-corrected chi connectivity index (χ2v) is 8.66. The van der Waals surface area contributed by atoms with Crippen molar-refractivity contribution < 1.29 is 19.1 Å². The number of rotatable bonds is 8. The van der Waals surface area contributed by atoms with E-state index in [9.17, 15) is 14.4 Å². The predicted molar refractivity (Wildman–Crippen MR) is 127 cm³/mol. The summed E-state index contributed by atoms with van der Waals surface area (Å²) in [4.78, 5) is 42.0.